The molecule has 1 N–H and O–H groups in total. The number of tetrazole rings is 1. The maximum atomic E-state index is 5.72. The van der Waals surface area contributed by atoms with Crippen molar-refractivity contribution in [3.05, 3.63) is 59.9 Å². The zero-order valence-electron chi connectivity index (χ0n) is 20.0. The van der Waals surface area contributed by atoms with Crippen LogP contribution >= 0.6 is 0 Å². The number of aryl methyl sites for hydroxylation is 1. The lowest BCUT2D eigenvalue weighted by Crippen LogP contribution is -2.32. The molecule has 10 heteroatoms. The Kier molecular flexibility index (Phi) is 7.39. The minimum atomic E-state index is -0.945. The summed E-state index contributed by atoms with van der Waals surface area (Å²) in [6, 6.07) is 12.0. The topological polar surface area (TPSA) is 117 Å². The quantitative estimate of drug-likeness (QED) is 0.335. The smallest absolute Gasteiger partial charge is 0.231 e. The highest BCUT2D eigenvalue weighted by atomic mass is 16.7. The lowest BCUT2D eigenvalue weighted by molar-refractivity contribution is -0.225. The molecule has 0 spiro atoms. The Balaban J connectivity index is 1.62. The summed E-state index contributed by atoms with van der Waals surface area (Å²) in [6.45, 7) is 4.71. The zero-order chi connectivity index (χ0) is 24.0. The Morgan fingerprint density at radius 1 is 1.00 bits per heavy atom. The molecule has 0 atom stereocenters. The van der Waals surface area contributed by atoms with Crippen molar-refractivity contribution in [1.82, 2.24) is 40.4 Å². The number of nitrogens with one attached hydrogen (secondary N) is 1. The fourth-order valence-electron chi connectivity index (χ4n) is 4.03. The maximum absolute atomic E-state index is 5.72. The first-order chi connectivity index (χ1) is 16.6. The summed E-state index contributed by atoms with van der Waals surface area (Å²) >= 11 is 0. The standard InChI is InChI=1S/C24H30N8O2/c1-5-9-21-26-23(24(33-3,34-4)14-6-2)29-32(21)16-18-13-12-17(15-25-18)19-10-7-8-11-20(19)22-27-30-31-28-22/h7-8,10-13,15H,5-6,9,14,16H2,1-4H3,(H,27,28,30,31). The average Bonchev–Trinajstić information content (AvgIpc) is 3.55. The van der Waals surface area contributed by atoms with Crippen LogP contribution in [0.4, 0.5) is 0 Å². The Hall–Kier alpha value is -3.50. The van der Waals surface area contributed by atoms with Crippen LogP contribution in [0.1, 0.15) is 50.5 Å². The summed E-state index contributed by atoms with van der Waals surface area (Å²) in [5, 5.41) is 19.0. The average molecular weight is 463 g/mol. The van der Waals surface area contributed by atoms with E-state index in [0.717, 1.165) is 47.5 Å². The molecule has 0 amide bonds. The molecule has 1 aromatic carbocycles. The van der Waals surface area contributed by atoms with Gasteiger partial charge >= 0.3 is 0 Å². The largest absolute Gasteiger partial charge is 0.347 e. The molecule has 0 saturated carbocycles. The fraction of sp³-hybridized carbons (Fsp3) is 0.417. The minimum Gasteiger partial charge on any atom is -0.347 e. The second-order valence-electron chi connectivity index (χ2n) is 8.00. The third-order valence-electron chi connectivity index (χ3n) is 5.78. The van der Waals surface area contributed by atoms with E-state index < -0.39 is 5.79 Å². The van der Waals surface area contributed by atoms with Crippen LogP contribution < -0.4 is 0 Å². The first-order valence-electron chi connectivity index (χ1n) is 11.5. The van der Waals surface area contributed by atoms with Gasteiger partial charge in [0.1, 0.15) is 5.82 Å². The molecule has 0 fully saturated rings. The van der Waals surface area contributed by atoms with Crippen LogP contribution in [-0.2, 0) is 28.2 Å². The summed E-state index contributed by atoms with van der Waals surface area (Å²) in [5.41, 5.74) is 3.77. The first-order valence-corrected chi connectivity index (χ1v) is 11.5. The molecule has 3 aromatic heterocycles. The molecule has 34 heavy (non-hydrogen) atoms. The van der Waals surface area contributed by atoms with E-state index in [4.69, 9.17) is 24.5 Å². The van der Waals surface area contributed by atoms with Crippen LogP contribution in [0.25, 0.3) is 22.5 Å². The number of benzene rings is 1. The van der Waals surface area contributed by atoms with E-state index in [1.165, 1.54) is 0 Å². The number of hydrogen-bond donors (Lipinski definition) is 1. The van der Waals surface area contributed by atoms with Crippen LogP contribution in [0.3, 0.4) is 0 Å². The molecule has 3 heterocycles. The van der Waals surface area contributed by atoms with Gasteiger partial charge in [-0.25, -0.2) is 14.8 Å². The number of hydrogen-bond acceptors (Lipinski definition) is 8. The van der Waals surface area contributed by atoms with Gasteiger partial charge in [-0.1, -0.05) is 50.6 Å². The van der Waals surface area contributed by atoms with E-state index >= 15 is 0 Å². The van der Waals surface area contributed by atoms with Gasteiger partial charge in [0, 0.05) is 44.4 Å². The molecule has 0 bridgehead atoms. The number of aromatic nitrogens is 8. The van der Waals surface area contributed by atoms with Crippen molar-refractivity contribution in [2.75, 3.05) is 14.2 Å². The van der Waals surface area contributed by atoms with Crippen LogP contribution in [0.2, 0.25) is 0 Å². The van der Waals surface area contributed by atoms with E-state index in [2.05, 4.69) is 34.5 Å². The number of aromatic amines is 1. The van der Waals surface area contributed by atoms with Crippen molar-refractivity contribution in [2.24, 2.45) is 0 Å². The van der Waals surface area contributed by atoms with Gasteiger partial charge < -0.3 is 9.47 Å². The Morgan fingerprint density at radius 2 is 1.79 bits per heavy atom. The van der Waals surface area contributed by atoms with Gasteiger partial charge in [0.2, 0.25) is 11.6 Å². The molecule has 10 nitrogen and oxygen atoms in total. The van der Waals surface area contributed by atoms with E-state index in [9.17, 15) is 0 Å². The Morgan fingerprint density at radius 3 is 2.41 bits per heavy atom. The van der Waals surface area contributed by atoms with Crippen LogP contribution in [-0.4, -0.2) is 54.6 Å². The molecule has 0 aliphatic carbocycles. The highest BCUT2D eigenvalue weighted by Crippen LogP contribution is 2.30. The second-order valence-corrected chi connectivity index (χ2v) is 8.00. The van der Waals surface area contributed by atoms with Crippen LogP contribution in [0.15, 0.2) is 42.6 Å². The summed E-state index contributed by atoms with van der Waals surface area (Å²) in [5.74, 6) is 1.11. The van der Waals surface area contributed by atoms with Crippen molar-refractivity contribution in [3.63, 3.8) is 0 Å². The third kappa shape index (κ3) is 4.73. The summed E-state index contributed by atoms with van der Waals surface area (Å²) < 4.78 is 13.3. The molecular weight excluding hydrogens is 432 g/mol. The number of H-pyrrole nitrogens is 1. The van der Waals surface area contributed by atoms with Gasteiger partial charge in [0.25, 0.3) is 0 Å². The lowest BCUT2D eigenvalue weighted by atomic mass is 10.0. The van der Waals surface area contributed by atoms with Gasteiger partial charge in [-0.15, -0.1) is 10.2 Å². The third-order valence-corrected chi connectivity index (χ3v) is 5.78. The Labute approximate surface area is 198 Å². The van der Waals surface area contributed by atoms with Gasteiger partial charge in [-0.2, -0.15) is 0 Å². The van der Waals surface area contributed by atoms with E-state index in [1.54, 1.807) is 14.2 Å². The Bertz CT molecular complexity index is 1180. The van der Waals surface area contributed by atoms with Gasteiger partial charge in [-0.3, -0.25) is 4.98 Å². The number of methoxy groups -OCH3 is 2. The zero-order valence-corrected chi connectivity index (χ0v) is 20.0. The highest BCUT2D eigenvalue weighted by Gasteiger charge is 2.36. The molecule has 178 valence electrons. The van der Waals surface area contributed by atoms with Crippen molar-refractivity contribution < 1.29 is 9.47 Å². The monoisotopic (exact) mass is 462 g/mol. The van der Waals surface area contributed by atoms with Crippen LogP contribution in [0.5, 0.6) is 0 Å². The first kappa shape index (κ1) is 23.7. The molecule has 0 aliphatic rings. The van der Waals surface area contributed by atoms with Crippen molar-refractivity contribution in [3.8, 4) is 22.5 Å². The SMILES string of the molecule is CCCc1nc(C(CCC)(OC)OC)nn1Cc1ccc(-c2ccccc2-c2nnn[nH]2)cn1. The van der Waals surface area contributed by atoms with E-state index in [1.807, 2.05) is 47.3 Å². The maximum Gasteiger partial charge on any atom is 0.231 e. The fourth-order valence-corrected chi connectivity index (χ4v) is 4.03. The van der Waals surface area contributed by atoms with Gasteiger partial charge in [0.15, 0.2) is 5.82 Å². The number of ether oxygens (including phenoxy) is 2. The summed E-state index contributed by atoms with van der Waals surface area (Å²) in [4.78, 5) is 9.50. The van der Waals surface area contributed by atoms with Crippen molar-refractivity contribution >= 4 is 0 Å². The van der Waals surface area contributed by atoms with Gasteiger partial charge in [0.05, 0.1) is 12.2 Å². The summed E-state index contributed by atoms with van der Waals surface area (Å²) in [6.07, 6.45) is 5.18. The van der Waals surface area contributed by atoms with Crippen molar-refractivity contribution in [2.45, 2.75) is 51.9 Å². The normalized spacial score (nSPS) is 11.8. The molecule has 0 aliphatic heterocycles. The molecule has 0 radical (unpaired) electrons. The van der Waals surface area contributed by atoms with Crippen LogP contribution in [0, 0.1) is 0 Å². The predicted molar refractivity (Wildman–Crippen MR) is 127 cm³/mol. The number of rotatable bonds is 11. The number of nitrogens with zero attached hydrogens (tertiary/aromatic N) is 7. The molecular formula is C24H30N8O2. The highest BCUT2D eigenvalue weighted by molar-refractivity contribution is 5.79. The lowest BCUT2D eigenvalue weighted by Gasteiger charge is -2.27. The number of pyridine rings is 1. The molecule has 4 rings (SSSR count). The molecule has 0 unspecified atom stereocenters. The molecule has 0 saturated heterocycles. The van der Waals surface area contributed by atoms with E-state index in [0.29, 0.717) is 24.6 Å². The van der Waals surface area contributed by atoms with Crippen molar-refractivity contribution in [1.29, 1.82) is 0 Å². The van der Waals surface area contributed by atoms with E-state index in [-0.39, 0.29) is 0 Å². The summed E-state index contributed by atoms with van der Waals surface area (Å²) in [7, 11) is 3.26. The molecule has 4 aromatic rings. The minimum absolute atomic E-state index is 0.506. The predicted octanol–water partition coefficient (Wildman–Crippen LogP) is 3.77. The van der Waals surface area contributed by atoms with Gasteiger partial charge in [-0.05, 0) is 28.5 Å². The second kappa shape index (κ2) is 10.6.